The van der Waals surface area contributed by atoms with Gasteiger partial charge in [-0.3, -0.25) is 0 Å². The molecule has 1 aliphatic heterocycles. The topological polar surface area (TPSA) is 32.8 Å². The Hall–Kier alpha value is -0.930. The van der Waals surface area contributed by atoms with Crippen LogP contribution in [0.2, 0.25) is 0 Å². The molecule has 2 rings (SSSR count). The Balaban J connectivity index is 2.47. The molecule has 2 nitrogen and oxygen atoms in total. The van der Waals surface area contributed by atoms with E-state index in [1.807, 2.05) is 0 Å². The van der Waals surface area contributed by atoms with E-state index in [1.165, 1.54) is 6.07 Å². The second kappa shape index (κ2) is 3.09. The third-order valence-corrected chi connectivity index (χ3v) is 2.10. The summed E-state index contributed by atoms with van der Waals surface area (Å²) in [6.45, 7) is 4.00. The molecule has 0 aliphatic carbocycles. The first-order valence-electron chi connectivity index (χ1n) is 4.11. The summed E-state index contributed by atoms with van der Waals surface area (Å²) in [4.78, 5) is 0. The van der Waals surface area contributed by atoms with E-state index in [4.69, 9.17) is 4.74 Å². The maximum atomic E-state index is 13.2. The molecule has 2 atom stereocenters. The molecule has 0 saturated carbocycles. The summed E-state index contributed by atoms with van der Waals surface area (Å²) in [6.07, 6.45) is -1.08. The number of ether oxygens (including phenoxy) is 1. The molecule has 0 aromatic heterocycles. The van der Waals surface area contributed by atoms with Crippen molar-refractivity contribution in [3.05, 3.63) is 42.1 Å². The highest BCUT2D eigenvalue weighted by Crippen LogP contribution is 2.35. The van der Waals surface area contributed by atoms with Crippen molar-refractivity contribution in [2.75, 3.05) is 6.61 Å². The van der Waals surface area contributed by atoms with Crippen LogP contribution in [0.3, 0.4) is 0 Å². The standard InChI is InChI=1S/C10H10FO2/c1-6(12)10-7(9-5-13-9)3-2-4-8(10)11/h2-4,6,9,12H,1,5H2. The Morgan fingerprint density at radius 1 is 1.62 bits per heavy atom. The first kappa shape index (κ1) is 8.66. The quantitative estimate of drug-likeness (QED) is 0.705. The van der Waals surface area contributed by atoms with Crippen LogP contribution in [0, 0.1) is 12.7 Å². The summed E-state index contributed by atoms with van der Waals surface area (Å²) in [5.74, 6) is -0.421. The molecule has 1 aliphatic rings. The van der Waals surface area contributed by atoms with Crippen LogP contribution in [0.4, 0.5) is 4.39 Å². The highest BCUT2D eigenvalue weighted by Gasteiger charge is 2.29. The normalized spacial score (nSPS) is 22.8. The largest absolute Gasteiger partial charge is 0.388 e. The molecule has 1 saturated heterocycles. The number of hydrogen-bond acceptors (Lipinski definition) is 2. The maximum Gasteiger partial charge on any atom is 0.129 e. The molecule has 1 fully saturated rings. The summed E-state index contributed by atoms with van der Waals surface area (Å²) in [7, 11) is 0. The van der Waals surface area contributed by atoms with Crippen LogP contribution in [0.1, 0.15) is 23.3 Å². The fraction of sp³-hybridized carbons (Fsp3) is 0.300. The average molecular weight is 181 g/mol. The number of rotatable bonds is 2. The fourth-order valence-corrected chi connectivity index (χ4v) is 1.41. The third kappa shape index (κ3) is 1.57. The number of benzene rings is 1. The zero-order valence-electron chi connectivity index (χ0n) is 7.03. The van der Waals surface area contributed by atoms with Crippen LogP contribution >= 0.6 is 0 Å². The van der Waals surface area contributed by atoms with E-state index in [9.17, 15) is 9.50 Å². The van der Waals surface area contributed by atoms with Crippen LogP contribution in [-0.4, -0.2) is 11.7 Å². The van der Waals surface area contributed by atoms with Gasteiger partial charge in [-0.2, -0.15) is 0 Å². The van der Waals surface area contributed by atoms with Crippen molar-refractivity contribution in [3.63, 3.8) is 0 Å². The van der Waals surface area contributed by atoms with Gasteiger partial charge in [0.15, 0.2) is 0 Å². The molecule has 0 spiro atoms. The van der Waals surface area contributed by atoms with Crippen molar-refractivity contribution >= 4 is 0 Å². The lowest BCUT2D eigenvalue weighted by molar-refractivity contribution is 0.218. The van der Waals surface area contributed by atoms with Gasteiger partial charge in [0.25, 0.3) is 0 Å². The van der Waals surface area contributed by atoms with Gasteiger partial charge in [0, 0.05) is 5.56 Å². The van der Waals surface area contributed by atoms with Crippen LogP contribution in [0.15, 0.2) is 18.2 Å². The number of aliphatic hydroxyl groups excluding tert-OH is 1. The highest BCUT2D eigenvalue weighted by atomic mass is 19.1. The Morgan fingerprint density at radius 3 is 2.85 bits per heavy atom. The van der Waals surface area contributed by atoms with Gasteiger partial charge in [-0.25, -0.2) is 4.39 Å². The van der Waals surface area contributed by atoms with Crippen molar-refractivity contribution < 1.29 is 14.2 Å². The molecule has 1 radical (unpaired) electrons. The van der Waals surface area contributed by atoms with Gasteiger partial charge in [0.05, 0.1) is 12.7 Å². The number of epoxide rings is 1. The number of aliphatic hydroxyl groups is 1. The van der Waals surface area contributed by atoms with Gasteiger partial charge < -0.3 is 9.84 Å². The zero-order chi connectivity index (χ0) is 9.42. The lowest BCUT2D eigenvalue weighted by atomic mass is 10.0. The van der Waals surface area contributed by atoms with Crippen molar-refractivity contribution in [1.82, 2.24) is 0 Å². The predicted octanol–water partition coefficient (Wildman–Crippen LogP) is 1.76. The summed E-state index contributed by atoms with van der Waals surface area (Å²) in [5.41, 5.74) is 0.965. The summed E-state index contributed by atoms with van der Waals surface area (Å²) >= 11 is 0. The highest BCUT2D eigenvalue weighted by molar-refractivity contribution is 5.34. The van der Waals surface area contributed by atoms with Gasteiger partial charge in [-0.05, 0) is 18.6 Å². The molecular weight excluding hydrogens is 171 g/mol. The van der Waals surface area contributed by atoms with E-state index in [-0.39, 0.29) is 11.7 Å². The summed E-state index contributed by atoms with van der Waals surface area (Å²) in [5, 5.41) is 9.26. The molecule has 1 aromatic rings. The predicted molar refractivity (Wildman–Crippen MR) is 45.4 cm³/mol. The van der Waals surface area contributed by atoms with Crippen LogP contribution < -0.4 is 0 Å². The van der Waals surface area contributed by atoms with Gasteiger partial charge in [-0.15, -0.1) is 0 Å². The molecular formula is C10H10FO2. The number of halogens is 1. The Kier molecular flexibility index (Phi) is 2.06. The van der Waals surface area contributed by atoms with Crippen LogP contribution in [0.25, 0.3) is 0 Å². The van der Waals surface area contributed by atoms with E-state index in [0.29, 0.717) is 12.2 Å². The van der Waals surface area contributed by atoms with Crippen molar-refractivity contribution in [2.45, 2.75) is 12.2 Å². The average Bonchev–Trinajstić information content (AvgIpc) is 2.85. The smallest absolute Gasteiger partial charge is 0.129 e. The second-order valence-electron chi connectivity index (χ2n) is 3.08. The molecule has 0 amide bonds. The Bertz CT molecular complexity index is 319. The molecule has 3 heteroatoms. The van der Waals surface area contributed by atoms with E-state index in [1.54, 1.807) is 12.1 Å². The zero-order valence-corrected chi connectivity index (χ0v) is 7.03. The molecule has 69 valence electrons. The van der Waals surface area contributed by atoms with Crippen molar-refractivity contribution in [2.24, 2.45) is 0 Å². The molecule has 2 unspecified atom stereocenters. The minimum Gasteiger partial charge on any atom is -0.388 e. The Morgan fingerprint density at radius 2 is 2.31 bits per heavy atom. The summed E-state index contributed by atoms with van der Waals surface area (Å²) < 4.78 is 18.3. The lowest BCUT2D eigenvalue weighted by Gasteiger charge is -2.10. The monoisotopic (exact) mass is 181 g/mol. The second-order valence-corrected chi connectivity index (χ2v) is 3.08. The minimum absolute atomic E-state index is 0.0536. The third-order valence-electron chi connectivity index (χ3n) is 2.10. The van der Waals surface area contributed by atoms with Gasteiger partial charge in [0.2, 0.25) is 0 Å². The fourth-order valence-electron chi connectivity index (χ4n) is 1.41. The maximum absolute atomic E-state index is 13.2. The number of hydrogen-bond donors (Lipinski definition) is 1. The van der Waals surface area contributed by atoms with Gasteiger partial charge in [0.1, 0.15) is 11.9 Å². The lowest BCUT2D eigenvalue weighted by Crippen LogP contribution is -2.01. The molecule has 1 N–H and O–H groups in total. The van der Waals surface area contributed by atoms with E-state index in [2.05, 4.69) is 6.92 Å². The minimum atomic E-state index is -1.03. The summed E-state index contributed by atoms with van der Waals surface area (Å²) in [6, 6.07) is 4.68. The first-order chi connectivity index (χ1) is 6.20. The molecule has 1 heterocycles. The van der Waals surface area contributed by atoms with Gasteiger partial charge in [-0.1, -0.05) is 12.1 Å². The van der Waals surface area contributed by atoms with Gasteiger partial charge >= 0.3 is 0 Å². The van der Waals surface area contributed by atoms with E-state index >= 15 is 0 Å². The van der Waals surface area contributed by atoms with Crippen molar-refractivity contribution in [3.8, 4) is 0 Å². The molecule has 0 bridgehead atoms. The van der Waals surface area contributed by atoms with Crippen LogP contribution in [0.5, 0.6) is 0 Å². The Labute approximate surface area is 76.0 Å². The molecule has 13 heavy (non-hydrogen) atoms. The van der Waals surface area contributed by atoms with Crippen LogP contribution in [-0.2, 0) is 4.74 Å². The van der Waals surface area contributed by atoms with E-state index in [0.717, 1.165) is 0 Å². The van der Waals surface area contributed by atoms with E-state index < -0.39 is 11.9 Å². The first-order valence-corrected chi connectivity index (χ1v) is 4.11. The van der Waals surface area contributed by atoms with Crippen molar-refractivity contribution in [1.29, 1.82) is 0 Å². The SMILES string of the molecule is [CH2]C(O)c1c(F)cccc1C1CO1. The molecule has 1 aromatic carbocycles.